The minimum atomic E-state index is -0.971. The van der Waals surface area contributed by atoms with Gasteiger partial charge in [-0.2, -0.15) is 0 Å². The summed E-state index contributed by atoms with van der Waals surface area (Å²) >= 11 is 0. The van der Waals surface area contributed by atoms with E-state index in [1.165, 1.54) is 0 Å². The number of hydrogen-bond acceptors (Lipinski definition) is 2. The molecule has 0 aromatic rings. The largest absolute Gasteiger partial charge is 0.550 e. The molecule has 72 valence electrons. The molecule has 0 amide bonds. The highest BCUT2D eigenvalue weighted by atomic mass is 16.4. The van der Waals surface area contributed by atoms with E-state index >= 15 is 0 Å². The summed E-state index contributed by atoms with van der Waals surface area (Å²) in [6.07, 6.45) is 1.01. The highest BCUT2D eigenvalue weighted by molar-refractivity contribution is 5.65. The Morgan fingerprint density at radius 2 is 2.08 bits per heavy atom. The van der Waals surface area contributed by atoms with E-state index in [0.717, 1.165) is 6.42 Å². The average molecular weight is 173 g/mol. The molecule has 1 atom stereocenters. The van der Waals surface area contributed by atoms with E-state index in [2.05, 4.69) is 19.6 Å². The second-order valence-corrected chi connectivity index (χ2v) is 4.21. The lowest BCUT2D eigenvalue weighted by molar-refractivity contribution is -0.395. The van der Waals surface area contributed by atoms with Gasteiger partial charge in [-0.1, -0.05) is 20.8 Å². The van der Waals surface area contributed by atoms with Crippen molar-refractivity contribution in [3.05, 3.63) is 0 Å². The third kappa shape index (κ3) is 4.34. The molecule has 0 bridgehead atoms. The van der Waals surface area contributed by atoms with Crippen LogP contribution < -0.4 is 10.8 Å². The zero-order chi connectivity index (χ0) is 9.78. The molecule has 0 aromatic heterocycles. The minimum Gasteiger partial charge on any atom is -0.550 e. The van der Waals surface area contributed by atoms with Crippen molar-refractivity contribution in [1.82, 2.24) is 0 Å². The smallest absolute Gasteiger partial charge is 0.0797 e. The van der Waals surface area contributed by atoms with Crippen molar-refractivity contribution in [1.29, 1.82) is 0 Å². The van der Waals surface area contributed by atoms with Crippen LogP contribution in [0.5, 0.6) is 0 Å². The summed E-state index contributed by atoms with van der Waals surface area (Å²) in [7, 11) is 0. The van der Waals surface area contributed by atoms with Gasteiger partial charge in [0, 0.05) is 11.4 Å². The maximum Gasteiger partial charge on any atom is 0.0797 e. The van der Waals surface area contributed by atoms with Gasteiger partial charge >= 0.3 is 0 Å². The summed E-state index contributed by atoms with van der Waals surface area (Å²) in [5.74, 6) is -0.460. The normalized spacial score (nSPS) is 16.1. The van der Waals surface area contributed by atoms with Crippen molar-refractivity contribution in [3.8, 4) is 0 Å². The van der Waals surface area contributed by atoms with Crippen LogP contribution in [0.2, 0.25) is 0 Å². The number of aliphatic carboxylic acids is 1. The van der Waals surface area contributed by atoms with Crippen molar-refractivity contribution < 1.29 is 15.6 Å². The predicted octanol–water partition coefficient (Wildman–Crippen LogP) is -0.579. The molecule has 3 nitrogen and oxygen atoms in total. The van der Waals surface area contributed by atoms with Crippen LogP contribution in [0.1, 0.15) is 33.6 Å². The van der Waals surface area contributed by atoms with Crippen LogP contribution >= 0.6 is 0 Å². The van der Waals surface area contributed by atoms with Crippen LogP contribution in [0.15, 0.2) is 0 Å². The molecule has 0 aliphatic rings. The maximum atomic E-state index is 10.4. The first-order valence-electron chi connectivity index (χ1n) is 4.39. The Morgan fingerprint density at radius 3 is 2.33 bits per heavy atom. The van der Waals surface area contributed by atoms with E-state index in [-0.39, 0.29) is 11.8 Å². The molecule has 12 heavy (non-hydrogen) atoms. The molecule has 0 rings (SSSR count). The van der Waals surface area contributed by atoms with Gasteiger partial charge < -0.3 is 15.6 Å². The van der Waals surface area contributed by atoms with Crippen molar-refractivity contribution >= 4 is 5.97 Å². The zero-order valence-electron chi connectivity index (χ0n) is 8.22. The molecule has 0 aliphatic carbocycles. The highest BCUT2D eigenvalue weighted by Gasteiger charge is 2.25. The minimum absolute atomic E-state index is 0.120. The molecule has 0 radical (unpaired) electrons. The molecule has 0 spiro atoms. The molecular formula is C9H19NO2. The first kappa shape index (κ1) is 11.4. The van der Waals surface area contributed by atoms with Crippen LogP contribution in [0.25, 0.3) is 0 Å². The van der Waals surface area contributed by atoms with E-state index < -0.39 is 5.97 Å². The first-order chi connectivity index (χ1) is 5.39. The predicted molar refractivity (Wildman–Crippen MR) is 44.9 cm³/mol. The Labute approximate surface area is 74.0 Å². The number of carboxylic acids is 1. The Kier molecular flexibility index (Phi) is 4.24. The Morgan fingerprint density at radius 1 is 1.58 bits per heavy atom. The lowest BCUT2D eigenvalue weighted by atomic mass is 9.79. The summed E-state index contributed by atoms with van der Waals surface area (Å²) in [4.78, 5) is 10.4. The fourth-order valence-corrected chi connectivity index (χ4v) is 1.60. The number of hydrogen-bond donors (Lipinski definition) is 1. The van der Waals surface area contributed by atoms with Gasteiger partial charge in [-0.25, -0.2) is 0 Å². The van der Waals surface area contributed by atoms with E-state index in [1.54, 1.807) is 0 Å². The number of quaternary nitrogens is 1. The van der Waals surface area contributed by atoms with E-state index in [0.29, 0.717) is 12.5 Å². The van der Waals surface area contributed by atoms with Crippen LogP contribution in [-0.4, -0.2) is 12.5 Å². The van der Waals surface area contributed by atoms with Crippen molar-refractivity contribution in [2.24, 2.45) is 11.3 Å². The van der Waals surface area contributed by atoms with Crippen molar-refractivity contribution in [3.63, 3.8) is 0 Å². The Bertz CT molecular complexity index is 157. The number of carbonyl (C=O) groups is 1. The van der Waals surface area contributed by atoms with Gasteiger partial charge in [0.05, 0.1) is 6.54 Å². The van der Waals surface area contributed by atoms with Gasteiger partial charge in [-0.05, 0) is 18.8 Å². The monoisotopic (exact) mass is 173 g/mol. The third-order valence-corrected chi connectivity index (χ3v) is 2.08. The second-order valence-electron chi connectivity index (χ2n) is 4.21. The van der Waals surface area contributed by atoms with Crippen molar-refractivity contribution in [2.45, 2.75) is 33.6 Å². The lowest BCUT2D eigenvalue weighted by Crippen LogP contribution is -2.58. The standard InChI is InChI=1S/C9H19NO2/c1-7(2)4-9(3,6-10)5-8(11)12/h7H,4-6,10H2,1-3H3,(H,11,12)/t9-/m0/s1. The maximum absolute atomic E-state index is 10.4. The fraction of sp³-hybridized carbons (Fsp3) is 0.889. The van der Waals surface area contributed by atoms with Gasteiger partial charge in [0.2, 0.25) is 0 Å². The third-order valence-electron chi connectivity index (χ3n) is 2.08. The fourth-order valence-electron chi connectivity index (χ4n) is 1.60. The molecule has 0 aromatic carbocycles. The molecular weight excluding hydrogens is 154 g/mol. The van der Waals surface area contributed by atoms with Crippen LogP contribution in [0, 0.1) is 11.3 Å². The molecule has 0 saturated carbocycles. The summed E-state index contributed by atoms with van der Waals surface area (Å²) in [6.45, 7) is 6.78. The van der Waals surface area contributed by atoms with E-state index in [9.17, 15) is 9.90 Å². The summed E-state index contributed by atoms with van der Waals surface area (Å²) in [5, 5.41) is 10.4. The van der Waals surface area contributed by atoms with Crippen molar-refractivity contribution in [2.75, 3.05) is 6.54 Å². The van der Waals surface area contributed by atoms with Gasteiger partial charge in [0.1, 0.15) is 0 Å². The average Bonchev–Trinajstić information content (AvgIpc) is 1.83. The molecule has 3 N–H and O–H groups in total. The number of rotatable bonds is 5. The zero-order valence-corrected chi connectivity index (χ0v) is 8.22. The van der Waals surface area contributed by atoms with Gasteiger partial charge in [-0.3, -0.25) is 0 Å². The first-order valence-corrected chi connectivity index (χ1v) is 4.39. The Hall–Kier alpha value is -0.570. The molecule has 0 fully saturated rings. The summed E-state index contributed by atoms with van der Waals surface area (Å²) in [6, 6.07) is 0. The summed E-state index contributed by atoms with van der Waals surface area (Å²) < 4.78 is 0. The van der Waals surface area contributed by atoms with E-state index in [4.69, 9.17) is 0 Å². The molecule has 0 unspecified atom stereocenters. The van der Waals surface area contributed by atoms with Crippen LogP contribution in [-0.2, 0) is 4.79 Å². The Balaban J connectivity index is 4.13. The lowest BCUT2D eigenvalue weighted by Gasteiger charge is -2.28. The summed E-state index contributed by atoms with van der Waals surface area (Å²) in [5.41, 5.74) is 3.59. The number of carbonyl (C=O) groups excluding carboxylic acids is 1. The highest BCUT2D eigenvalue weighted by Crippen LogP contribution is 2.27. The van der Waals surface area contributed by atoms with Gasteiger partial charge in [0.25, 0.3) is 0 Å². The van der Waals surface area contributed by atoms with Gasteiger partial charge in [-0.15, -0.1) is 0 Å². The topological polar surface area (TPSA) is 67.8 Å². The number of carboxylic acid groups (broad SMARTS) is 1. The van der Waals surface area contributed by atoms with Crippen LogP contribution in [0.3, 0.4) is 0 Å². The molecule has 0 aliphatic heterocycles. The SMILES string of the molecule is CC(C)C[C@](C)(C[NH3+])CC(=O)[O-]. The van der Waals surface area contributed by atoms with E-state index in [1.807, 2.05) is 6.92 Å². The molecule has 0 heterocycles. The quantitative estimate of drug-likeness (QED) is 0.604. The molecule has 3 heteroatoms. The molecule has 0 saturated heterocycles. The van der Waals surface area contributed by atoms with Crippen LogP contribution in [0.4, 0.5) is 0 Å². The second kappa shape index (κ2) is 4.45. The van der Waals surface area contributed by atoms with Gasteiger partial charge in [0.15, 0.2) is 0 Å².